The van der Waals surface area contributed by atoms with Crippen molar-refractivity contribution < 1.29 is 4.79 Å². The van der Waals surface area contributed by atoms with Crippen LogP contribution in [0.4, 0.5) is 0 Å². The molecule has 1 aromatic heterocycles. The molecular formula is C19H27N3O. The highest BCUT2D eigenvalue weighted by atomic mass is 16.1. The monoisotopic (exact) mass is 313 g/mol. The summed E-state index contributed by atoms with van der Waals surface area (Å²) in [4.78, 5) is 15.0. The Kier molecular flexibility index (Phi) is 4.71. The summed E-state index contributed by atoms with van der Waals surface area (Å²) in [5.74, 6) is 0.595. The number of aromatic nitrogens is 1. The number of likely N-dealkylation sites (N-methyl/N-ethyl adjacent to an activating group) is 1. The van der Waals surface area contributed by atoms with Crippen molar-refractivity contribution in [2.75, 3.05) is 20.1 Å². The van der Waals surface area contributed by atoms with E-state index in [1.165, 1.54) is 12.8 Å². The van der Waals surface area contributed by atoms with E-state index >= 15 is 0 Å². The number of carbonyl (C=O) groups excluding carboxylic acids is 1. The second kappa shape index (κ2) is 6.75. The zero-order valence-electron chi connectivity index (χ0n) is 14.4. The number of nitrogens with zero attached hydrogens (tertiary/aromatic N) is 2. The Morgan fingerprint density at radius 1 is 1.35 bits per heavy atom. The van der Waals surface area contributed by atoms with E-state index in [0.717, 1.165) is 36.1 Å². The second-order valence-electron chi connectivity index (χ2n) is 7.09. The zero-order chi connectivity index (χ0) is 16.4. The quantitative estimate of drug-likeness (QED) is 0.921. The third-order valence-electron chi connectivity index (χ3n) is 4.76. The van der Waals surface area contributed by atoms with Crippen LogP contribution in [0, 0.1) is 5.92 Å². The summed E-state index contributed by atoms with van der Waals surface area (Å²) < 4.78 is 2.20. The van der Waals surface area contributed by atoms with Gasteiger partial charge in [-0.1, -0.05) is 32.0 Å². The fourth-order valence-corrected chi connectivity index (χ4v) is 3.52. The maximum Gasteiger partial charge on any atom is 0.253 e. The van der Waals surface area contributed by atoms with Gasteiger partial charge in [-0.05, 0) is 38.4 Å². The van der Waals surface area contributed by atoms with Crippen molar-refractivity contribution >= 4 is 16.8 Å². The van der Waals surface area contributed by atoms with Gasteiger partial charge in [-0.25, -0.2) is 0 Å². The number of rotatable bonds is 5. The molecule has 0 radical (unpaired) electrons. The van der Waals surface area contributed by atoms with Crippen molar-refractivity contribution in [1.29, 1.82) is 0 Å². The van der Waals surface area contributed by atoms with E-state index in [2.05, 4.69) is 41.7 Å². The number of nitrogens with one attached hydrogen (secondary N) is 1. The molecule has 2 heterocycles. The number of hydrogen-bond donors (Lipinski definition) is 1. The van der Waals surface area contributed by atoms with Gasteiger partial charge in [-0.2, -0.15) is 0 Å². The Morgan fingerprint density at radius 2 is 2.13 bits per heavy atom. The van der Waals surface area contributed by atoms with Crippen molar-refractivity contribution in [1.82, 2.24) is 14.8 Å². The molecule has 4 nitrogen and oxygen atoms in total. The number of likely N-dealkylation sites (tertiary alicyclic amines) is 1. The lowest BCUT2D eigenvalue weighted by Gasteiger charge is -2.19. The van der Waals surface area contributed by atoms with Crippen molar-refractivity contribution in [2.45, 2.75) is 39.3 Å². The largest absolute Gasteiger partial charge is 0.350 e. The van der Waals surface area contributed by atoms with Gasteiger partial charge in [0.15, 0.2) is 0 Å². The third-order valence-corrected chi connectivity index (χ3v) is 4.76. The second-order valence-corrected chi connectivity index (χ2v) is 7.09. The number of carbonyl (C=O) groups is 1. The fourth-order valence-electron chi connectivity index (χ4n) is 3.52. The SMILES string of the molecule is CC(C)Cn1cc(C(=O)NC[C@@H]2CCCN2C)c2ccccc21. The van der Waals surface area contributed by atoms with E-state index in [4.69, 9.17) is 0 Å². The molecule has 0 unspecified atom stereocenters. The van der Waals surface area contributed by atoms with Gasteiger partial charge >= 0.3 is 0 Å². The smallest absolute Gasteiger partial charge is 0.253 e. The van der Waals surface area contributed by atoms with Gasteiger partial charge in [0.1, 0.15) is 0 Å². The first kappa shape index (κ1) is 16.1. The van der Waals surface area contributed by atoms with E-state index in [9.17, 15) is 4.79 Å². The molecule has 23 heavy (non-hydrogen) atoms. The number of para-hydroxylation sites is 1. The molecular weight excluding hydrogens is 286 g/mol. The van der Waals surface area contributed by atoms with E-state index < -0.39 is 0 Å². The maximum absolute atomic E-state index is 12.7. The highest BCUT2D eigenvalue weighted by Crippen LogP contribution is 2.22. The standard InChI is InChI=1S/C19H27N3O/c1-14(2)12-22-13-17(16-8-4-5-9-18(16)22)19(23)20-11-15-7-6-10-21(15)3/h4-5,8-9,13-15H,6-7,10-12H2,1-3H3,(H,20,23)/t15-/m0/s1. The van der Waals surface area contributed by atoms with Gasteiger partial charge in [0.2, 0.25) is 0 Å². The lowest BCUT2D eigenvalue weighted by Crippen LogP contribution is -2.38. The topological polar surface area (TPSA) is 37.3 Å². The molecule has 1 N–H and O–H groups in total. The van der Waals surface area contributed by atoms with Crippen molar-refractivity contribution in [3.05, 3.63) is 36.0 Å². The summed E-state index contributed by atoms with van der Waals surface area (Å²) in [5.41, 5.74) is 1.94. The number of amides is 1. The molecule has 0 spiro atoms. The van der Waals surface area contributed by atoms with Crippen LogP contribution in [-0.4, -0.2) is 41.6 Å². The van der Waals surface area contributed by atoms with Crippen LogP contribution in [0.3, 0.4) is 0 Å². The maximum atomic E-state index is 12.7. The Labute approximate surface area is 138 Å². The molecule has 1 aromatic carbocycles. The summed E-state index contributed by atoms with van der Waals surface area (Å²) in [6.07, 6.45) is 4.41. The van der Waals surface area contributed by atoms with Gasteiger partial charge in [0.25, 0.3) is 5.91 Å². The summed E-state index contributed by atoms with van der Waals surface area (Å²) in [6.45, 7) is 7.20. The molecule has 0 saturated carbocycles. The molecule has 0 bridgehead atoms. The number of hydrogen-bond acceptors (Lipinski definition) is 2. The van der Waals surface area contributed by atoms with Crippen LogP contribution >= 0.6 is 0 Å². The molecule has 3 rings (SSSR count). The average Bonchev–Trinajstić information content (AvgIpc) is 3.09. The van der Waals surface area contributed by atoms with Crippen LogP contribution < -0.4 is 5.32 Å². The van der Waals surface area contributed by atoms with Gasteiger partial charge in [0.05, 0.1) is 5.56 Å². The van der Waals surface area contributed by atoms with Crippen molar-refractivity contribution in [2.24, 2.45) is 5.92 Å². The van der Waals surface area contributed by atoms with E-state index in [1.54, 1.807) is 0 Å². The van der Waals surface area contributed by atoms with Gasteiger partial charge in [0, 0.05) is 36.2 Å². The van der Waals surface area contributed by atoms with E-state index in [1.807, 2.05) is 24.4 Å². The zero-order valence-corrected chi connectivity index (χ0v) is 14.4. The molecule has 1 amide bonds. The predicted molar refractivity (Wildman–Crippen MR) is 94.8 cm³/mol. The Morgan fingerprint density at radius 3 is 2.83 bits per heavy atom. The fraction of sp³-hybridized carbons (Fsp3) is 0.526. The highest BCUT2D eigenvalue weighted by Gasteiger charge is 2.22. The average molecular weight is 313 g/mol. The Balaban J connectivity index is 1.79. The van der Waals surface area contributed by atoms with Crippen LogP contribution in [0.1, 0.15) is 37.0 Å². The summed E-state index contributed by atoms with van der Waals surface area (Å²) in [5, 5.41) is 4.18. The van der Waals surface area contributed by atoms with Crippen LogP contribution in [-0.2, 0) is 6.54 Å². The first-order valence-corrected chi connectivity index (χ1v) is 8.62. The van der Waals surface area contributed by atoms with Crippen LogP contribution in [0.2, 0.25) is 0 Å². The Hall–Kier alpha value is -1.81. The first-order valence-electron chi connectivity index (χ1n) is 8.62. The van der Waals surface area contributed by atoms with Crippen LogP contribution in [0.25, 0.3) is 10.9 Å². The van der Waals surface area contributed by atoms with E-state index in [0.29, 0.717) is 12.0 Å². The van der Waals surface area contributed by atoms with Gasteiger partial charge < -0.3 is 14.8 Å². The minimum absolute atomic E-state index is 0.0454. The number of benzene rings is 1. The van der Waals surface area contributed by atoms with Gasteiger partial charge in [-0.3, -0.25) is 4.79 Å². The molecule has 1 atom stereocenters. The molecule has 1 aliphatic rings. The molecule has 4 heteroatoms. The molecule has 1 aliphatic heterocycles. The van der Waals surface area contributed by atoms with Crippen molar-refractivity contribution in [3.63, 3.8) is 0 Å². The molecule has 1 fully saturated rings. The molecule has 0 aliphatic carbocycles. The van der Waals surface area contributed by atoms with E-state index in [-0.39, 0.29) is 5.91 Å². The van der Waals surface area contributed by atoms with Crippen LogP contribution in [0.15, 0.2) is 30.5 Å². The Bertz CT molecular complexity index is 689. The summed E-state index contributed by atoms with van der Waals surface area (Å²) in [6, 6.07) is 8.66. The minimum atomic E-state index is 0.0454. The van der Waals surface area contributed by atoms with Crippen LogP contribution in [0.5, 0.6) is 0 Å². The van der Waals surface area contributed by atoms with Crippen molar-refractivity contribution in [3.8, 4) is 0 Å². The summed E-state index contributed by atoms with van der Waals surface area (Å²) >= 11 is 0. The predicted octanol–water partition coefficient (Wildman–Crippen LogP) is 3.12. The minimum Gasteiger partial charge on any atom is -0.350 e. The lowest BCUT2D eigenvalue weighted by molar-refractivity contribution is 0.0945. The normalized spacial score (nSPS) is 18.9. The highest BCUT2D eigenvalue weighted by molar-refractivity contribution is 6.07. The summed E-state index contributed by atoms with van der Waals surface area (Å²) in [7, 11) is 2.14. The van der Waals surface area contributed by atoms with Gasteiger partial charge in [-0.15, -0.1) is 0 Å². The molecule has 2 aromatic rings. The lowest BCUT2D eigenvalue weighted by atomic mass is 10.1. The third kappa shape index (κ3) is 3.42. The molecule has 124 valence electrons. The first-order chi connectivity index (χ1) is 11.1. The number of fused-ring (bicyclic) bond motifs is 1. The molecule has 1 saturated heterocycles.